The van der Waals surface area contributed by atoms with Crippen molar-refractivity contribution in [1.82, 2.24) is 10.2 Å². The normalized spacial score (nSPS) is 24.9. The van der Waals surface area contributed by atoms with E-state index in [9.17, 15) is 4.79 Å². The number of nitrogens with zero attached hydrogens (tertiary/aromatic N) is 1. The second kappa shape index (κ2) is 6.05. The molecule has 2 unspecified atom stereocenters. The van der Waals surface area contributed by atoms with Crippen LogP contribution in [-0.2, 0) is 9.53 Å². The van der Waals surface area contributed by atoms with E-state index in [0.29, 0.717) is 0 Å². The quantitative estimate of drug-likeness (QED) is 0.642. The van der Waals surface area contributed by atoms with E-state index in [-0.39, 0.29) is 18.5 Å². The molecule has 1 amide bonds. The van der Waals surface area contributed by atoms with Gasteiger partial charge in [-0.1, -0.05) is 0 Å². The Morgan fingerprint density at radius 3 is 3.00 bits per heavy atom. The molecule has 1 rings (SSSR count). The van der Waals surface area contributed by atoms with Gasteiger partial charge in [0.1, 0.15) is 6.10 Å². The number of hydrogen-bond donors (Lipinski definition) is 2. The van der Waals surface area contributed by atoms with E-state index in [1.54, 1.807) is 0 Å². The fraction of sp³-hybridized carbons (Fsp3) is 0.900. The highest BCUT2D eigenvalue weighted by Crippen LogP contribution is 2.08. The molecular formula is C10H21N3O2. The van der Waals surface area contributed by atoms with Crippen molar-refractivity contribution in [2.75, 3.05) is 33.8 Å². The number of nitrogens with two attached hydrogens (primary N) is 1. The summed E-state index contributed by atoms with van der Waals surface area (Å²) < 4.78 is 4.98. The lowest BCUT2D eigenvalue weighted by atomic mass is 10.1. The second-order valence-corrected chi connectivity index (χ2v) is 4.07. The molecule has 0 spiro atoms. The Bertz CT molecular complexity index is 207. The van der Waals surface area contributed by atoms with Gasteiger partial charge < -0.3 is 20.7 Å². The van der Waals surface area contributed by atoms with Crippen molar-refractivity contribution in [1.29, 1.82) is 0 Å². The van der Waals surface area contributed by atoms with Crippen LogP contribution in [0.3, 0.4) is 0 Å². The Morgan fingerprint density at radius 1 is 1.73 bits per heavy atom. The third kappa shape index (κ3) is 3.77. The van der Waals surface area contributed by atoms with Crippen LogP contribution < -0.4 is 11.1 Å². The van der Waals surface area contributed by atoms with Crippen molar-refractivity contribution < 1.29 is 9.53 Å². The molecule has 0 radical (unpaired) electrons. The molecule has 1 fully saturated rings. The van der Waals surface area contributed by atoms with Crippen LogP contribution in [0, 0.1) is 0 Å². The lowest BCUT2D eigenvalue weighted by molar-refractivity contribution is -0.131. The van der Waals surface area contributed by atoms with Crippen molar-refractivity contribution in [3.05, 3.63) is 0 Å². The number of likely N-dealkylation sites (tertiary alicyclic amines) is 1. The number of methoxy groups -OCH3 is 1. The van der Waals surface area contributed by atoms with E-state index >= 15 is 0 Å². The van der Waals surface area contributed by atoms with Gasteiger partial charge in [0.05, 0.1) is 0 Å². The molecule has 0 aromatic rings. The van der Waals surface area contributed by atoms with Gasteiger partial charge in [0.2, 0.25) is 0 Å². The predicted molar refractivity (Wildman–Crippen MR) is 58.5 cm³/mol. The van der Waals surface area contributed by atoms with Crippen molar-refractivity contribution in [3.63, 3.8) is 0 Å². The summed E-state index contributed by atoms with van der Waals surface area (Å²) in [6.45, 7) is 2.24. The summed E-state index contributed by atoms with van der Waals surface area (Å²) in [5.74, 6) is -0.0969. The Morgan fingerprint density at radius 2 is 2.47 bits per heavy atom. The molecule has 5 nitrogen and oxygen atoms in total. The Kier molecular flexibility index (Phi) is 5.01. The first-order valence-corrected chi connectivity index (χ1v) is 5.39. The minimum absolute atomic E-state index is 0.0969. The molecule has 1 aliphatic heterocycles. The molecule has 5 heteroatoms. The van der Waals surface area contributed by atoms with Gasteiger partial charge in [-0.3, -0.25) is 4.79 Å². The Balaban J connectivity index is 2.36. The number of hydrogen-bond acceptors (Lipinski definition) is 4. The average molecular weight is 215 g/mol. The van der Waals surface area contributed by atoms with Gasteiger partial charge in [-0.2, -0.15) is 0 Å². The van der Waals surface area contributed by atoms with Crippen LogP contribution in [0.15, 0.2) is 0 Å². The number of amides is 1. The zero-order valence-corrected chi connectivity index (χ0v) is 9.53. The van der Waals surface area contributed by atoms with Crippen LogP contribution in [0.5, 0.6) is 0 Å². The number of carbonyl (C=O) groups is 1. The lowest BCUT2D eigenvalue weighted by Crippen LogP contribution is -2.50. The zero-order chi connectivity index (χ0) is 11.3. The molecule has 88 valence electrons. The monoisotopic (exact) mass is 215 g/mol. The molecule has 0 aliphatic carbocycles. The highest BCUT2D eigenvalue weighted by molar-refractivity contribution is 5.81. The molecule has 0 bridgehead atoms. The van der Waals surface area contributed by atoms with Crippen molar-refractivity contribution >= 4 is 5.91 Å². The van der Waals surface area contributed by atoms with Crippen LogP contribution in [0.4, 0.5) is 0 Å². The third-order valence-electron chi connectivity index (χ3n) is 2.76. The summed E-state index contributed by atoms with van der Waals surface area (Å²) in [7, 11) is 3.57. The predicted octanol–water partition coefficient (Wildman–Crippen LogP) is -0.829. The van der Waals surface area contributed by atoms with Gasteiger partial charge >= 0.3 is 0 Å². The van der Waals surface area contributed by atoms with E-state index in [1.807, 2.05) is 0 Å². The largest absolute Gasteiger partial charge is 0.370 e. The van der Waals surface area contributed by atoms with Gasteiger partial charge in [0, 0.05) is 26.2 Å². The number of rotatable bonds is 4. The van der Waals surface area contributed by atoms with Crippen LogP contribution >= 0.6 is 0 Å². The summed E-state index contributed by atoms with van der Waals surface area (Å²) in [6.07, 6.45) is 1.65. The third-order valence-corrected chi connectivity index (χ3v) is 2.76. The van der Waals surface area contributed by atoms with Crippen LogP contribution in [-0.4, -0.2) is 56.7 Å². The molecule has 0 aromatic carbocycles. The number of ether oxygens (including phenoxy) is 1. The molecule has 1 saturated heterocycles. The molecule has 1 heterocycles. The standard InChI is InChI=1S/C10H21N3O2/c1-13-5-3-4-8(7-13)12-10(14)9(6-11)15-2/h8-9H,3-7,11H2,1-2H3,(H,12,14). The maximum Gasteiger partial charge on any atom is 0.250 e. The molecular weight excluding hydrogens is 194 g/mol. The molecule has 2 atom stereocenters. The zero-order valence-electron chi connectivity index (χ0n) is 9.53. The fourth-order valence-electron chi connectivity index (χ4n) is 1.89. The number of likely N-dealkylation sites (N-methyl/N-ethyl adjacent to an activating group) is 1. The molecule has 3 N–H and O–H groups in total. The van der Waals surface area contributed by atoms with E-state index in [4.69, 9.17) is 10.5 Å². The first-order valence-electron chi connectivity index (χ1n) is 5.39. The van der Waals surface area contributed by atoms with Crippen LogP contribution in [0.25, 0.3) is 0 Å². The van der Waals surface area contributed by atoms with Crippen LogP contribution in [0.2, 0.25) is 0 Å². The average Bonchev–Trinajstić information content (AvgIpc) is 2.19. The Hall–Kier alpha value is -0.650. The topological polar surface area (TPSA) is 67.6 Å². The summed E-state index contributed by atoms with van der Waals surface area (Å²) in [5.41, 5.74) is 5.42. The van der Waals surface area contributed by atoms with Gasteiger partial charge in [-0.25, -0.2) is 0 Å². The lowest BCUT2D eigenvalue weighted by Gasteiger charge is -2.31. The minimum atomic E-state index is -0.516. The first kappa shape index (κ1) is 12.4. The highest BCUT2D eigenvalue weighted by Gasteiger charge is 2.22. The maximum atomic E-state index is 11.6. The summed E-state index contributed by atoms with van der Waals surface area (Å²) in [6, 6.07) is 0.237. The van der Waals surface area contributed by atoms with Gasteiger partial charge in [0.25, 0.3) is 5.91 Å². The van der Waals surface area contributed by atoms with E-state index in [0.717, 1.165) is 25.9 Å². The molecule has 1 aliphatic rings. The smallest absolute Gasteiger partial charge is 0.250 e. The maximum absolute atomic E-state index is 11.6. The second-order valence-electron chi connectivity index (χ2n) is 4.07. The molecule has 0 aromatic heterocycles. The van der Waals surface area contributed by atoms with E-state index in [1.165, 1.54) is 7.11 Å². The molecule has 0 saturated carbocycles. The SMILES string of the molecule is COC(CN)C(=O)NC1CCCN(C)C1. The van der Waals surface area contributed by atoms with Crippen molar-refractivity contribution in [2.45, 2.75) is 25.0 Å². The van der Waals surface area contributed by atoms with Gasteiger partial charge in [-0.15, -0.1) is 0 Å². The van der Waals surface area contributed by atoms with E-state index < -0.39 is 6.10 Å². The molecule has 15 heavy (non-hydrogen) atoms. The number of piperidine rings is 1. The number of carbonyl (C=O) groups excluding carboxylic acids is 1. The summed E-state index contributed by atoms with van der Waals surface area (Å²) in [5, 5.41) is 2.97. The Labute approximate surface area is 90.9 Å². The van der Waals surface area contributed by atoms with Crippen LogP contribution in [0.1, 0.15) is 12.8 Å². The minimum Gasteiger partial charge on any atom is -0.370 e. The summed E-state index contributed by atoms with van der Waals surface area (Å²) in [4.78, 5) is 13.9. The summed E-state index contributed by atoms with van der Waals surface area (Å²) >= 11 is 0. The van der Waals surface area contributed by atoms with E-state index in [2.05, 4.69) is 17.3 Å². The van der Waals surface area contributed by atoms with Gasteiger partial charge in [0.15, 0.2) is 0 Å². The van der Waals surface area contributed by atoms with Crippen molar-refractivity contribution in [2.24, 2.45) is 5.73 Å². The first-order chi connectivity index (χ1) is 7.17. The fourth-order valence-corrected chi connectivity index (χ4v) is 1.89. The number of nitrogens with one attached hydrogen (secondary N) is 1. The van der Waals surface area contributed by atoms with Gasteiger partial charge in [-0.05, 0) is 26.4 Å². The van der Waals surface area contributed by atoms with Crippen molar-refractivity contribution in [3.8, 4) is 0 Å². The highest BCUT2D eigenvalue weighted by atomic mass is 16.5.